The van der Waals surface area contributed by atoms with Crippen LogP contribution in [0.1, 0.15) is 0 Å². The summed E-state index contributed by atoms with van der Waals surface area (Å²) in [7, 11) is 16.7. The van der Waals surface area contributed by atoms with Gasteiger partial charge in [0.05, 0.1) is 0 Å². The molecular weight excluding hydrogens is 1020 g/mol. The molecule has 0 saturated carbocycles. The van der Waals surface area contributed by atoms with E-state index in [1.54, 1.807) is 0 Å². The Kier molecular flexibility index (Phi) is 28.0. The van der Waals surface area contributed by atoms with Crippen molar-refractivity contribution in [3.8, 4) is 0 Å². The first-order chi connectivity index (χ1) is 24.7. The summed E-state index contributed by atoms with van der Waals surface area (Å²) in [6, 6.07) is 0. The summed E-state index contributed by atoms with van der Waals surface area (Å²) in [5.74, 6) is -28.9. The first-order valence-electron chi connectivity index (χ1n) is 14.0. The molecule has 0 spiro atoms. The van der Waals surface area contributed by atoms with Gasteiger partial charge in [-0.1, -0.05) is 0 Å². The summed E-state index contributed by atoms with van der Waals surface area (Å²) in [6.45, 7) is 4.58. The molecule has 0 amide bonds. The largest absolute Gasteiger partial charge is 2.00 e. The number of halogens is 24. The minimum atomic E-state index is -7.32. The van der Waals surface area contributed by atoms with Crippen molar-refractivity contribution in [2.24, 2.45) is 0 Å². The summed E-state index contributed by atoms with van der Waals surface area (Å²) < 4.78 is 288. The van der Waals surface area contributed by atoms with Crippen molar-refractivity contribution in [3.05, 3.63) is 0 Å². The molecule has 0 saturated heterocycles. The molecule has 374 valence electrons. The number of nitrogens with zero attached hydrogens (tertiary/aromatic N) is 4. The molecule has 0 aromatic rings. The van der Waals surface area contributed by atoms with Gasteiger partial charge < -0.3 is 49.5 Å². The van der Waals surface area contributed by atoms with Crippen molar-refractivity contribution in [2.75, 3.05) is 82.6 Å². The minimum Gasteiger partial charge on any atom is -0.815 e. The van der Waals surface area contributed by atoms with Crippen LogP contribution in [0.15, 0.2) is 0 Å². The third-order valence-electron chi connectivity index (χ3n) is 5.55. The van der Waals surface area contributed by atoms with Crippen molar-refractivity contribution >= 4 is 0 Å². The van der Waals surface area contributed by atoms with Crippen LogP contribution in [0.25, 0.3) is 0 Å². The van der Waals surface area contributed by atoms with Gasteiger partial charge in [0.25, 0.3) is 0 Å². The van der Waals surface area contributed by atoms with Crippen LogP contribution in [0.2, 0.25) is 0 Å². The molecule has 0 aromatic carbocycles. The summed E-state index contributed by atoms with van der Waals surface area (Å²) in [5.41, 5.74) is 0. The zero-order valence-corrected chi connectivity index (χ0v) is 32.6. The second kappa shape index (κ2) is 23.8. The summed E-state index contributed by atoms with van der Waals surface area (Å²) in [5, 5.41) is 41.5. The van der Waals surface area contributed by atoms with Crippen molar-refractivity contribution in [3.63, 3.8) is 0 Å². The van der Waals surface area contributed by atoms with E-state index in [-0.39, 0.29) is 34.1 Å². The van der Waals surface area contributed by atoms with Gasteiger partial charge in [-0.3, -0.25) is 0 Å². The van der Waals surface area contributed by atoms with E-state index in [9.17, 15) is 126 Å². The van der Waals surface area contributed by atoms with Gasteiger partial charge in [-0.15, -0.1) is 0 Å². The normalized spacial score (nSPS) is 14.4. The molecule has 0 aliphatic carbocycles. The molecule has 0 rings (SSSR count). The molecular formula is C24H32Cu2F24N4O6. The van der Waals surface area contributed by atoms with Crippen molar-refractivity contribution in [2.45, 2.75) is 72.6 Å². The Morgan fingerprint density at radius 2 is 0.350 bits per heavy atom. The quantitative estimate of drug-likeness (QED) is 0.184. The van der Waals surface area contributed by atoms with E-state index in [4.69, 9.17) is 0 Å². The predicted molar refractivity (Wildman–Crippen MR) is 136 cm³/mol. The van der Waals surface area contributed by atoms with Crippen LogP contribution in [-0.2, 0) is 43.6 Å². The molecule has 2 radical (unpaired) electrons. The van der Waals surface area contributed by atoms with E-state index < -0.39 is 72.6 Å². The van der Waals surface area contributed by atoms with Gasteiger partial charge in [0.15, 0.2) is 23.1 Å². The molecule has 36 heteroatoms. The fourth-order valence-electron chi connectivity index (χ4n) is 2.31. The average molecular weight is 1060 g/mol. The molecule has 0 atom stereocenters. The van der Waals surface area contributed by atoms with Crippen molar-refractivity contribution in [1.29, 1.82) is 0 Å². The third kappa shape index (κ3) is 20.6. The molecule has 0 aliphatic rings. The average Bonchev–Trinajstić information content (AvgIpc) is 2.91. The summed E-state index contributed by atoms with van der Waals surface area (Å²) in [4.78, 5) is 8.72. The van der Waals surface area contributed by atoms with Crippen LogP contribution in [0.5, 0.6) is 0 Å². The fourth-order valence-corrected chi connectivity index (χ4v) is 2.31. The summed E-state index contributed by atoms with van der Waals surface area (Å²) in [6.07, 6.45) is -58.6. The zero-order chi connectivity index (χ0) is 48.6. The first kappa shape index (κ1) is 70.6. The van der Waals surface area contributed by atoms with Crippen LogP contribution in [0.4, 0.5) is 105 Å². The van der Waals surface area contributed by atoms with Crippen LogP contribution in [-0.4, -0.2) is 175 Å². The Bertz CT molecular complexity index is 951. The molecule has 0 N–H and O–H groups in total. The van der Waals surface area contributed by atoms with Crippen LogP contribution in [0, 0.1) is 0 Å². The van der Waals surface area contributed by atoms with Gasteiger partial charge in [-0.05, 0) is 56.4 Å². The van der Waals surface area contributed by atoms with E-state index in [1.165, 1.54) is 9.47 Å². The van der Waals surface area contributed by atoms with E-state index >= 15 is 0 Å². The fraction of sp³-hybridized carbons (Fsp3) is 1.00. The minimum absolute atomic E-state index is 0. The van der Waals surface area contributed by atoms with Crippen LogP contribution < -0.4 is 20.4 Å². The molecule has 10 nitrogen and oxygen atoms in total. The van der Waals surface area contributed by atoms with Crippen LogP contribution >= 0.6 is 0 Å². The van der Waals surface area contributed by atoms with Gasteiger partial charge in [0.1, 0.15) is 0 Å². The van der Waals surface area contributed by atoms with E-state index in [0.29, 0.717) is 0 Å². The molecule has 0 unspecified atom stereocenters. The third-order valence-corrected chi connectivity index (χ3v) is 5.55. The molecule has 0 bridgehead atoms. The maximum absolute atomic E-state index is 11.9. The molecule has 60 heavy (non-hydrogen) atoms. The second-order valence-electron chi connectivity index (χ2n) is 11.9. The number of hydrogen-bond donors (Lipinski definition) is 0. The molecule has 0 aromatic heterocycles. The zero-order valence-electron chi connectivity index (χ0n) is 30.7. The molecule has 0 fully saturated rings. The van der Waals surface area contributed by atoms with E-state index in [2.05, 4.69) is 76.0 Å². The van der Waals surface area contributed by atoms with Gasteiger partial charge in [0.2, 0.25) is 0 Å². The van der Waals surface area contributed by atoms with Gasteiger partial charge in [0, 0.05) is 26.2 Å². The van der Waals surface area contributed by atoms with Crippen LogP contribution in [0.3, 0.4) is 0 Å². The Morgan fingerprint density at radius 3 is 0.400 bits per heavy atom. The Morgan fingerprint density at radius 1 is 0.267 bits per heavy atom. The molecule has 0 heterocycles. The standard InChI is InChI=1S/2C6F12O3.2C6H16N2.2Cu/c2*7-3(8,9)1(19,4(10,11)12)21-2(20,5(13,14)15)6(16,17)18;2*1-7(2)5-6-8(3)4;;/h;;2*5-6H2,1-4H3;;/q2*-2;;;2*+2. The number of alkyl halides is 24. The smallest absolute Gasteiger partial charge is 0.815 e. The maximum atomic E-state index is 11.9. The number of rotatable bonds is 10. The Balaban J connectivity index is -0.000000175. The van der Waals surface area contributed by atoms with E-state index in [1.807, 2.05) is 0 Å². The van der Waals surface area contributed by atoms with Crippen molar-refractivity contribution in [1.82, 2.24) is 19.6 Å². The van der Waals surface area contributed by atoms with Gasteiger partial charge >= 0.3 is 83.5 Å². The number of likely N-dealkylation sites (N-methyl/N-ethyl adjacent to an activating group) is 4. The SMILES string of the molecule is CN(C)CCN(C)C.CN(C)CCN(C)C.[Cu+2].[Cu+2].[O-]C(OC([O-])(C(F)(F)F)C(F)(F)F)(C(F)(F)F)C(F)(F)F.[O-]C(OC([O-])(C(F)(F)F)C(F)(F)F)(C(F)(F)F)C(F)(F)F. The monoisotopic (exact) mass is 1050 g/mol. The topological polar surface area (TPSA) is 124 Å². The maximum Gasteiger partial charge on any atom is 2.00 e. The molecule has 0 aliphatic heterocycles. The number of hydrogen-bond acceptors (Lipinski definition) is 10. The Hall–Kier alpha value is -1.04. The summed E-state index contributed by atoms with van der Waals surface area (Å²) >= 11 is 0. The first-order valence-corrected chi connectivity index (χ1v) is 14.0. The predicted octanol–water partition coefficient (Wildman–Crippen LogP) is 2.95. The van der Waals surface area contributed by atoms with E-state index in [0.717, 1.165) is 26.2 Å². The van der Waals surface area contributed by atoms with Crippen molar-refractivity contribution < 1.29 is 169 Å². The van der Waals surface area contributed by atoms with Gasteiger partial charge in [-0.25, -0.2) is 0 Å². The Labute approximate surface area is 344 Å². The van der Waals surface area contributed by atoms with Gasteiger partial charge in [-0.2, -0.15) is 105 Å². The number of ether oxygens (including phenoxy) is 2. The second-order valence-corrected chi connectivity index (χ2v) is 11.9.